The first-order chi connectivity index (χ1) is 8.74. The minimum absolute atomic E-state index is 0.554. The van der Waals surface area contributed by atoms with E-state index in [0.29, 0.717) is 5.41 Å². The van der Waals surface area contributed by atoms with Gasteiger partial charge in [0.2, 0.25) is 0 Å². The van der Waals surface area contributed by atoms with Crippen molar-refractivity contribution in [2.45, 2.75) is 39.5 Å². The monoisotopic (exact) mass is 261 g/mol. The molecule has 0 radical (unpaired) electrons. The summed E-state index contributed by atoms with van der Waals surface area (Å²) in [5.41, 5.74) is 2.89. The number of aromatic nitrogens is 2. The molecule has 0 amide bonds. The van der Waals surface area contributed by atoms with Gasteiger partial charge >= 0.3 is 0 Å². The molecule has 1 aliphatic rings. The Bertz CT molecular complexity index is 557. The molecule has 2 aromatic heterocycles. The molecule has 0 saturated heterocycles. The van der Waals surface area contributed by atoms with Crippen molar-refractivity contribution < 1.29 is 0 Å². The lowest BCUT2D eigenvalue weighted by atomic mass is 10.0. The minimum atomic E-state index is 0.554. The normalized spacial score (nSPS) is 17.0. The molecule has 1 N–H and O–H groups in total. The fraction of sp³-hybridized carbons (Fsp3) is 0.571. The highest BCUT2D eigenvalue weighted by Crippen LogP contribution is 2.49. The molecule has 0 bridgehead atoms. The van der Waals surface area contributed by atoms with Crippen molar-refractivity contribution >= 4 is 27.4 Å². The van der Waals surface area contributed by atoms with Crippen LogP contribution < -0.4 is 5.32 Å². The quantitative estimate of drug-likeness (QED) is 0.884. The van der Waals surface area contributed by atoms with Crippen molar-refractivity contribution in [3.05, 3.63) is 17.3 Å². The van der Waals surface area contributed by atoms with Gasteiger partial charge in [-0.1, -0.05) is 13.3 Å². The number of hydrogen-bond donors (Lipinski definition) is 1. The molecule has 1 fully saturated rings. The van der Waals surface area contributed by atoms with Crippen LogP contribution in [-0.2, 0) is 0 Å². The second-order valence-electron chi connectivity index (χ2n) is 5.42. The van der Waals surface area contributed by atoms with E-state index in [1.807, 2.05) is 0 Å². The Kier molecular flexibility index (Phi) is 2.98. The third-order valence-electron chi connectivity index (χ3n) is 3.90. The number of hydrogen-bond acceptors (Lipinski definition) is 4. The van der Waals surface area contributed by atoms with Crippen LogP contribution in [0, 0.1) is 12.3 Å². The van der Waals surface area contributed by atoms with Crippen LogP contribution in [-0.4, -0.2) is 16.5 Å². The molecule has 0 aromatic carbocycles. The summed E-state index contributed by atoms with van der Waals surface area (Å²) in [5.74, 6) is 1.01. The number of nitrogens with zero attached hydrogens (tertiary/aromatic N) is 2. The summed E-state index contributed by atoms with van der Waals surface area (Å²) in [6.07, 6.45) is 7.01. The summed E-state index contributed by atoms with van der Waals surface area (Å²) in [6.45, 7) is 5.44. The van der Waals surface area contributed by atoms with Crippen LogP contribution >= 0.6 is 11.3 Å². The van der Waals surface area contributed by atoms with Crippen LogP contribution in [0.15, 0.2) is 11.7 Å². The smallest absolute Gasteiger partial charge is 0.147 e. The van der Waals surface area contributed by atoms with E-state index < -0.39 is 0 Å². The fourth-order valence-corrected chi connectivity index (χ4v) is 3.56. The first kappa shape index (κ1) is 11.9. The first-order valence-electron chi connectivity index (χ1n) is 6.67. The van der Waals surface area contributed by atoms with E-state index in [9.17, 15) is 0 Å². The van der Waals surface area contributed by atoms with Gasteiger partial charge in [0.1, 0.15) is 12.1 Å². The lowest BCUT2D eigenvalue weighted by molar-refractivity contribution is 0.485. The number of fused-ring (bicyclic) bond motifs is 1. The van der Waals surface area contributed by atoms with E-state index in [1.54, 1.807) is 17.7 Å². The summed E-state index contributed by atoms with van der Waals surface area (Å²) >= 11 is 1.74. The van der Waals surface area contributed by atoms with Crippen LogP contribution in [0.2, 0.25) is 0 Å². The second kappa shape index (κ2) is 4.50. The number of anilines is 1. The van der Waals surface area contributed by atoms with Crippen molar-refractivity contribution in [1.29, 1.82) is 0 Å². The number of rotatable bonds is 5. The van der Waals surface area contributed by atoms with Gasteiger partial charge in [-0.25, -0.2) is 9.97 Å². The molecule has 0 unspecified atom stereocenters. The summed E-state index contributed by atoms with van der Waals surface area (Å²) < 4.78 is 1.20. The molecular weight excluding hydrogens is 242 g/mol. The molecule has 18 heavy (non-hydrogen) atoms. The summed E-state index contributed by atoms with van der Waals surface area (Å²) in [6, 6.07) is 0. The largest absolute Gasteiger partial charge is 0.368 e. The molecule has 4 heteroatoms. The molecular formula is C14H19N3S. The average molecular weight is 261 g/mol. The SMILES string of the molecule is CCCC1(CNc2ncnc3c(C)csc23)CC1. The zero-order valence-electron chi connectivity index (χ0n) is 11.0. The predicted molar refractivity (Wildman–Crippen MR) is 77.2 cm³/mol. The van der Waals surface area contributed by atoms with Crippen molar-refractivity contribution in [2.24, 2.45) is 5.41 Å². The zero-order chi connectivity index (χ0) is 12.6. The first-order valence-corrected chi connectivity index (χ1v) is 7.55. The zero-order valence-corrected chi connectivity index (χ0v) is 11.8. The van der Waals surface area contributed by atoms with Crippen LogP contribution in [0.25, 0.3) is 10.2 Å². The number of aryl methyl sites for hydroxylation is 1. The van der Waals surface area contributed by atoms with Gasteiger partial charge in [0, 0.05) is 6.54 Å². The second-order valence-corrected chi connectivity index (χ2v) is 6.30. The Morgan fingerprint density at radius 3 is 2.94 bits per heavy atom. The van der Waals surface area contributed by atoms with Gasteiger partial charge in [0.15, 0.2) is 0 Å². The van der Waals surface area contributed by atoms with E-state index in [1.165, 1.54) is 35.9 Å². The van der Waals surface area contributed by atoms with Crippen LogP contribution in [0.5, 0.6) is 0 Å². The molecule has 3 rings (SSSR count). The third-order valence-corrected chi connectivity index (χ3v) is 4.99. The highest BCUT2D eigenvalue weighted by Gasteiger charge is 2.41. The molecule has 2 heterocycles. The third kappa shape index (κ3) is 2.09. The molecule has 0 spiro atoms. The van der Waals surface area contributed by atoms with Crippen LogP contribution in [0.3, 0.4) is 0 Å². The minimum Gasteiger partial charge on any atom is -0.368 e. The van der Waals surface area contributed by atoms with Gasteiger partial charge in [-0.15, -0.1) is 11.3 Å². The molecule has 0 atom stereocenters. The van der Waals surface area contributed by atoms with E-state index in [2.05, 4.69) is 34.5 Å². The fourth-order valence-electron chi connectivity index (χ4n) is 2.59. The Balaban J connectivity index is 1.79. The van der Waals surface area contributed by atoms with Crippen LogP contribution in [0.1, 0.15) is 38.2 Å². The lowest BCUT2D eigenvalue weighted by Gasteiger charge is -2.15. The number of thiophene rings is 1. The van der Waals surface area contributed by atoms with Crippen molar-refractivity contribution in [1.82, 2.24) is 9.97 Å². The van der Waals surface area contributed by atoms with E-state index in [4.69, 9.17) is 0 Å². The highest BCUT2D eigenvalue weighted by atomic mass is 32.1. The average Bonchev–Trinajstić information content (AvgIpc) is 3.04. The van der Waals surface area contributed by atoms with Crippen molar-refractivity contribution in [3.63, 3.8) is 0 Å². The topological polar surface area (TPSA) is 37.8 Å². The molecule has 96 valence electrons. The Morgan fingerprint density at radius 2 is 2.22 bits per heavy atom. The molecule has 1 saturated carbocycles. The van der Waals surface area contributed by atoms with Gasteiger partial charge < -0.3 is 5.32 Å². The standard InChI is InChI=1S/C14H19N3S/c1-3-4-14(5-6-14)8-15-13-12-11(16-9-17-13)10(2)7-18-12/h7,9H,3-6,8H2,1-2H3,(H,15,16,17). The van der Waals surface area contributed by atoms with Crippen molar-refractivity contribution in [2.75, 3.05) is 11.9 Å². The maximum atomic E-state index is 4.40. The summed E-state index contributed by atoms with van der Waals surface area (Å²) in [7, 11) is 0. The Labute approximate surface area is 112 Å². The van der Waals surface area contributed by atoms with Crippen LogP contribution in [0.4, 0.5) is 5.82 Å². The number of nitrogens with one attached hydrogen (secondary N) is 1. The molecule has 3 nitrogen and oxygen atoms in total. The van der Waals surface area contributed by atoms with Gasteiger partial charge in [0.05, 0.1) is 10.2 Å². The molecule has 0 aliphatic heterocycles. The van der Waals surface area contributed by atoms with Gasteiger partial charge in [-0.2, -0.15) is 0 Å². The van der Waals surface area contributed by atoms with E-state index in [-0.39, 0.29) is 0 Å². The summed E-state index contributed by atoms with van der Waals surface area (Å²) in [4.78, 5) is 8.76. The molecule has 2 aromatic rings. The highest BCUT2D eigenvalue weighted by molar-refractivity contribution is 7.18. The lowest BCUT2D eigenvalue weighted by Crippen LogP contribution is -2.16. The maximum absolute atomic E-state index is 4.40. The Morgan fingerprint density at radius 1 is 1.39 bits per heavy atom. The summed E-state index contributed by atoms with van der Waals surface area (Å²) in [5, 5.41) is 5.70. The van der Waals surface area contributed by atoms with Crippen molar-refractivity contribution in [3.8, 4) is 0 Å². The Hall–Kier alpha value is -1.16. The van der Waals surface area contributed by atoms with Gasteiger partial charge in [-0.05, 0) is 42.5 Å². The molecule has 1 aliphatic carbocycles. The van der Waals surface area contributed by atoms with E-state index in [0.717, 1.165) is 17.9 Å². The van der Waals surface area contributed by atoms with E-state index >= 15 is 0 Å². The maximum Gasteiger partial charge on any atom is 0.147 e. The van der Waals surface area contributed by atoms with Gasteiger partial charge in [-0.3, -0.25) is 0 Å². The van der Waals surface area contributed by atoms with Gasteiger partial charge in [0.25, 0.3) is 0 Å². The predicted octanol–water partition coefficient (Wildman–Crippen LogP) is 3.99.